The van der Waals surface area contributed by atoms with E-state index in [-0.39, 0.29) is 0 Å². The van der Waals surface area contributed by atoms with Gasteiger partial charge in [0.2, 0.25) is 0 Å². The Morgan fingerprint density at radius 2 is 1.38 bits per heavy atom. The summed E-state index contributed by atoms with van der Waals surface area (Å²) in [6, 6.07) is 12.0. The van der Waals surface area contributed by atoms with Crippen molar-refractivity contribution in [3.05, 3.63) is 42.5 Å². The Morgan fingerprint density at radius 3 is 2.11 bits per heavy atom. The molecule has 0 N–H and O–H groups in total. The zero-order valence-electron chi connectivity index (χ0n) is 21.3. The van der Waals surface area contributed by atoms with Crippen LogP contribution < -0.4 is 14.0 Å². The van der Waals surface area contributed by atoms with Gasteiger partial charge in [0, 0.05) is 17.3 Å². The molecule has 0 fully saturated rings. The Kier molecular flexibility index (Phi) is 13.2. The number of unbranched alkanes of at least 4 members (excludes halogenated alkanes) is 5. The monoisotopic (exact) mass is 554 g/mol. The summed E-state index contributed by atoms with van der Waals surface area (Å²) in [5.74, 6) is 1.49. The molecule has 0 radical (unpaired) electrons. The van der Waals surface area contributed by atoms with Crippen molar-refractivity contribution in [3.63, 3.8) is 0 Å². The molecule has 11 heteroatoms. The Morgan fingerprint density at radius 1 is 0.784 bits per heavy atom. The molecule has 9 nitrogen and oxygen atoms in total. The molecule has 0 aromatic heterocycles. The SMILES string of the molecule is CCCCCCCCOP(=O)(Cl)Oc1ccc(N=Nc2ccc3c(c2)OCCOCCOCCO3)cc1. The van der Waals surface area contributed by atoms with E-state index >= 15 is 0 Å². The minimum Gasteiger partial charge on any atom is -0.487 e. The van der Waals surface area contributed by atoms with E-state index in [1.54, 1.807) is 42.5 Å². The van der Waals surface area contributed by atoms with E-state index in [0.717, 1.165) is 19.3 Å². The second-order valence-electron chi connectivity index (χ2n) is 8.37. The van der Waals surface area contributed by atoms with E-state index in [4.69, 9.17) is 39.2 Å². The average molecular weight is 555 g/mol. The zero-order valence-corrected chi connectivity index (χ0v) is 23.0. The lowest BCUT2D eigenvalue weighted by Gasteiger charge is -2.15. The largest absolute Gasteiger partial charge is 0.487 e. The lowest BCUT2D eigenvalue weighted by Crippen LogP contribution is -2.15. The first-order valence-electron chi connectivity index (χ1n) is 12.8. The molecular weight excluding hydrogens is 519 g/mol. The topological polar surface area (TPSA) is 97.2 Å². The van der Waals surface area contributed by atoms with E-state index in [2.05, 4.69) is 17.2 Å². The van der Waals surface area contributed by atoms with Crippen LogP contribution in [0.15, 0.2) is 52.7 Å². The molecule has 0 aliphatic carbocycles. The minimum absolute atomic E-state index is 0.301. The smallest absolute Gasteiger partial charge is 0.476 e. The molecule has 2 aromatic carbocycles. The zero-order chi connectivity index (χ0) is 26.2. The highest BCUT2D eigenvalue weighted by atomic mass is 35.7. The van der Waals surface area contributed by atoms with Crippen LogP contribution in [0.25, 0.3) is 0 Å². The van der Waals surface area contributed by atoms with Gasteiger partial charge in [0.25, 0.3) is 0 Å². The molecule has 0 saturated carbocycles. The molecule has 0 amide bonds. The van der Waals surface area contributed by atoms with Gasteiger partial charge < -0.3 is 23.5 Å². The summed E-state index contributed by atoms with van der Waals surface area (Å²) < 4.78 is 45.5. The molecular formula is C26H36ClN2O7P. The maximum atomic E-state index is 12.4. The van der Waals surface area contributed by atoms with Crippen LogP contribution in [0.4, 0.5) is 11.4 Å². The van der Waals surface area contributed by atoms with E-state index in [1.165, 1.54) is 19.3 Å². The van der Waals surface area contributed by atoms with E-state index < -0.39 is 6.95 Å². The number of hydrogen-bond acceptors (Lipinski definition) is 9. The summed E-state index contributed by atoms with van der Waals surface area (Å²) in [7, 11) is 0. The number of halogens is 1. The Bertz CT molecular complexity index is 1010. The van der Waals surface area contributed by atoms with Gasteiger partial charge in [-0.05, 0) is 42.8 Å². The Hall–Kier alpha value is -2.16. The fourth-order valence-corrected chi connectivity index (χ4v) is 4.65. The highest BCUT2D eigenvalue weighted by molar-refractivity contribution is 7.81. The van der Waals surface area contributed by atoms with Crippen LogP contribution in [0, 0.1) is 0 Å². The summed E-state index contributed by atoms with van der Waals surface area (Å²) in [6.07, 6.45) is 6.59. The van der Waals surface area contributed by atoms with Crippen LogP contribution >= 0.6 is 18.2 Å². The summed E-state index contributed by atoms with van der Waals surface area (Å²) in [5, 5.41) is 8.53. The quantitative estimate of drug-likeness (QED) is 0.149. The van der Waals surface area contributed by atoms with Crippen molar-refractivity contribution in [1.29, 1.82) is 0 Å². The van der Waals surface area contributed by atoms with Crippen LogP contribution in [0.1, 0.15) is 45.4 Å². The first kappa shape index (κ1) is 29.4. The van der Waals surface area contributed by atoms with Gasteiger partial charge in [0.15, 0.2) is 11.5 Å². The number of rotatable bonds is 12. The van der Waals surface area contributed by atoms with Crippen LogP contribution in [0.3, 0.4) is 0 Å². The number of nitrogens with zero attached hydrogens (tertiary/aromatic N) is 2. The summed E-state index contributed by atoms with van der Waals surface area (Å²) >= 11 is 5.96. The number of azo groups is 1. The first-order valence-corrected chi connectivity index (χ1v) is 15.2. The van der Waals surface area contributed by atoms with Crippen molar-refractivity contribution >= 4 is 29.6 Å². The normalized spacial score (nSPS) is 16.5. The highest BCUT2D eigenvalue weighted by Gasteiger charge is 2.22. The van der Waals surface area contributed by atoms with Crippen LogP contribution in [-0.4, -0.2) is 46.2 Å². The van der Waals surface area contributed by atoms with Gasteiger partial charge in [0.1, 0.15) is 19.0 Å². The number of ether oxygens (including phenoxy) is 4. The summed E-state index contributed by atoms with van der Waals surface area (Å²) in [6.45, 7) is 1.52. The molecule has 1 heterocycles. The molecule has 0 saturated heterocycles. The van der Waals surface area contributed by atoms with E-state index in [1.807, 2.05) is 0 Å². The molecule has 1 aliphatic heterocycles. The lowest BCUT2D eigenvalue weighted by molar-refractivity contribution is 0.0223. The molecule has 0 bridgehead atoms. The number of fused-ring (bicyclic) bond motifs is 1. The van der Waals surface area contributed by atoms with Crippen molar-refractivity contribution in [1.82, 2.24) is 0 Å². The number of benzene rings is 2. The van der Waals surface area contributed by atoms with Crippen molar-refractivity contribution in [2.75, 3.05) is 46.2 Å². The molecule has 204 valence electrons. The lowest BCUT2D eigenvalue weighted by atomic mass is 10.1. The minimum atomic E-state index is -3.71. The van der Waals surface area contributed by atoms with Crippen molar-refractivity contribution < 1.29 is 32.6 Å². The molecule has 37 heavy (non-hydrogen) atoms. The predicted molar refractivity (Wildman–Crippen MR) is 143 cm³/mol. The Labute approximate surface area is 223 Å². The van der Waals surface area contributed by atoms with Gasteiger partial charge in [-0.15, -0.1) is 0 Å². The standard InChI is InChI=1S/C26H36ClN2O7P/c1-2-3-4-5-6-7-14-35-37(27,30)36-24-11-8-22(9-12-24)28-29-23-10-13-25-26(21-23)34-20-18-32-16-15-31-17-19-33-25/h8-13,21H,2-7,14-20H2,1H3. The molecule has 2 aromatic rings. The van der Waals surface area contributed by atoms with Crippen LogP contribution in [-0.2, 0) is 18.6 Å². The van der Waals surface area contributed by atoms with Crippen molar-refractivity contribution in [2.24, 2.45) is 10.2 Å². The average Bonchev–Trinajstić information content (AvgIpc) is 2.88. The number of hydrogen-bond donors (Lipinski definition) is 0. The fraction of sp³-hybridized carbons (Fsp3) is 0.538. The third-order valence-corrected chi connectivity index (χ3v) is 6.76. The van der Waals surface area contributed by atoms with Gasteiger partial charge in [0.05, 0.1) is 44.4 Å². The van der Waals surface area contributed by atoms with Crippen LogP contribution in [0.5, 0.6) is 17.2 Å². The fourth-order valence-electron chi connectivity index (χ4n) is 3.43. The van der Waals surface area contributed by atoms with Gasteiger partial charge in [-0.2, -0.15) is 10.2 Å². The maximum absolute atomic E-state index is 12.4. The molecule has 1 aliphatic rings. The highest BCUT2D eigenvalue weighted by Crippen LogP contribution is 2.53. The van der Waals surface area contributed by atoms with Crippen molar-refractivity contribution in [3.8, 4) is 17.2 Å². The van der Waals surface area contributed by atoms with Gasteiger partial charge in [-0.25, -0.2) is 4.57 Å². The van der Waals surface area contributed by atoms with Gasteiger partial charge >= 0.3 is 6.95 Å². The second kappa shape index (κ2) is 16.6. The van der Waals surface area contributed by atoms with E-state index in [9.17, 15) is 4.57 Å². The molecule has 3 rings (SSSR count). The van der Waals surface area contributed by atoms with Crippen LogP contribution in [0.2, 0.25) is 0 Å². The third-order valence-electron chi connectivity index (χ3n) is 5.35. The molecule has 1 unspecified atom stereocenters. The molecule has 0 spiro atoms. The molecule has 1 atom stereocenters. The predicted octanol–water partition coefficient (Wildman–Crippen LogP) is 8.01. The Balaban J connectivity index is 1.50. The van der Waals surface area contributed by atoms with Crippen molar-refractivity contribution in [2.45, 2.75) is 45.4 Å². The summed E-state index contributed by atoms with van der Waals surface area (Å²) in [5.41, 5.74) is 1.18. The third kappa shape index (κ3) is 11.8. The summed E-state index contributed by atoms with van der Waals surface area (Å²) in [4.78, 5) is 0. The maximum Gasteiger partial charge on any atom is 0.476 e. The van der Waals surface area contributed by atoms with E-state index in [0.29, 0.717) is 74.9 Å². The first-order chi connectivity index (χ1) is 18.1. The second-order valence-corrected chi connectivity index (χ2v) is 10.9. The van der Waals surface area contributed by atoms with Gasteiger partial charge in [-0.3, -0.25) is 4.52 Å². The van der Waals surface area contributed by atoms with Gasteiger partial charge in [-0.1, -0.05) is 39.0 Å².